The average molecular weight is 285 g/mol. The maximum Gasteiger partial charge on any atom is 0.162 e. The molecule has 2 atom stereocenters. The van der Waals surface area contributed by atoms with Crippen molar-refractivity contribution in [2.75, 3.05) is 20.2 Å². The van der Waals surface area contributed by atoms with Gasteiger partial charge in [0.2, 0.25) is 0 Å². The van der Waals surface area contributed by atoms with Crippen LogP contribution in [0.3, 0.4) is 0 Å². The summed E-state index contributed by atoms with van der Waals surface area (Å²) >= 11 is 6.04. The lowest BCUT2D eigenvalue weighted by atomic mass is 9.94. The fraction of sp³-hybridized carbons (Fsp3) is 0.571. The summed E-state index contributed by atoms with van der Waals surface area (Å²) in [6.45, 7) is 4.71. The summed E-state index contributed by atoms with van der Waals surface area (Å²) in [4.78, 5) is 2.29. The third-order valence-electron chi connectivity index (χ3n) is 3.79. The molecule has 5 heteroatoms. The van der Waals surface area contributed by atoms with E-state index < -0.39 is 0 Å². The molecule has 4 nitrogen and oxygen atoms in total. The molecule has 0 radical (unpaired) electrons. The predicted octanol–water partition coefficient (Wildman–Crippen LogP) is 2.22. The van der Waals surface area contributed by atoms with E-state index in [0.717, 1.165) is 25.1 Å². The van der Waals surface area contributed by atoms with E-state index in [-0.39, 0.29) is 11.8 Å². The predicted molar refractivity (Wildman–Crippen MR) is 76.7 cm³/mol. The van der Waals surface area contributed by atoms with Crippen LogP contribution in [0, 0.1) is 5.92 Å². The minimum Gasteiger partial charge on any atom is -0.504 e. The number of nitrogens with zero attached hydrogens (tertiary/aromatic N) is 1. The molecular weight excluding hydrogens is 264 g/mol. The number of methoxy groups -OCH3 is 1. The van der Waals surface area contributed by atoms with Gasteiger partial charge in [-0.3, -0.25) is 4.90 Å². The number of phenolic OH excluding ortho intramolecular Hbond substituents is 1. The number of hydrogen-bond acceptors (Lipinski definition) is 4. The quantitative estimate of drug-likeness (QED) is 0.894. The number of nitrogens with two attached hydrogens (primary N) is 1. The van der Waals surface area contributed by atoms with Gasteiger partial charge in [0.25, 0.3) is 0 Å². The highest BCUT2D eigenvalue weighted by Crippen LogP contribution is 2.34. The largest absolute Gasteiger partial charge is 0.504 e. The maximum atomic E-state index is 10.1. The zero-order valence-corrected chi connectivity index (χ0v) is 12.2. The second-order valence-electron chi connectivity index (χ2n) is 5.28. The summed E-state index contributed by atoms with van der Waals surface area (Å²) in [6.07, 6.45) is 0.986. The van der Waals surface area contributed by atoms with Crippen molar-refractivity contribution in [2.45, 2.75) is 25.9 Å². The molecule has 0 spiro atoms. The number of piperidine rings is 1. The highest BCUT2D eigenvalue weighted by atomic mass is 35.5. The van der Waals surface area contributed by atoms with E-state index in [0.29, 0.717) is 23.2 Å². The van der Waals surface area contributed by atoms with Gasteiger partial charge in [-0.15, -0.1) is 0 Å². The number of phenols is 1. The zero-order valence-electron chi connectivity index (χ0n) is 11.4. The first-order valence-electron chi connectivity index (χ1n) is 6.54. The van der Waals surface area contributed by atoms with E-state index in [1.165, 1.54) is 7.11 Å². The van der Waals surface area contributed by atoms with Crippen LogP contribution in [-0.2, 0) is 6.54 Å². The molecule has 1 aliphatic heterocycles. The van der Waals surface area contributed by atoms with Crippen LogP contribution >= 0.6 is 11.6 Å². The minimum atomic E-state index is 0.175. The third kappa shape index (κ3) is 3.32. The topological polar surface area (TPSA) is 58.7 Å². The van der Waals surface area contributed by atoms with Crippen LogP contribution < -0.4 is 10.5 Å². The first-order chi connectivity index (χ1) is 9.01. The SMILES string of the molecule is COc1cc(Cl)cc(CN2CCC(N)C(C)C2)c1O. The van der Waals surface area contributed by atoms with Crippen molar-refractivity contribution < 1.29 is 9.84 Å². The van der Waals surface area contributed by atoms with Crippen molar-refractivity contribution in [1.82, 2.24) is 4.90 Å². The number of ether oxygens (including phenoxy) is 1. The Labute approximate surface area is 119 Å². The lowest BCUT2D eigenvalue weighted by molar-refractivity contribution is 0.156. The molecule has 1 aromatic carbocycles. The molecule has 0 saturated carbocycles. The van der Waals surface area contributed by atoms with Crippen LogP contribution in [0.4, 0.5) is 0 Å². The smallest absolute Gasteiger partial charge is 0.162 e. The summed E-state index contributed by atoms with van der Waals surface area (Å²) in [6, 6.07) is 3.69. The molecule has 106 valence electrons. The van der Waals surface area contributed by atoms with Gasteiger partial charge in [-0.05, 0) is 24.9 Å². The first-order valence-corrected chi connectivity index (χ1v) is 6.92. The van der Waals surface area contributed by atoms with Crippen molar-refractivity contribution >= 4 is 11.6 Å². The van der Waals surface area contributed by atoms with Gasteiger partial charge in [-0.25, -0.2) is 0 Å². The van der Waals surface area contributed by atoms with Crippen LogP contribution in [0.15, 0.2) is 12.1 Å². The molecule has 0 aromatic heterocycles. The van der Waals surface area contributed by atoms with Gasteiger partial charge in [0.1, 0.15) is 0 Å². The van der Waals surface area contributed by atoms with E-state index in [4.69, 9.17) is 22.1 Å². The molecule has 1 heterocycles. The Morgan fingerprint density at radius 1 is 1.53 bits per heavy atom. The lowest BCUT2D eigenvalue weighted by Gasteiger charge is -2.35. The summed E-state index contributed by atoms with van der Waals surface area (Å²) in [5, 5.41) is 10.7. The molecule has 1 aromatic rings. The third-order valence-corrected chi connectivity index (χ3v) is 4.01. The van der Waals surface area contributed by atoms with Crippen molar-refractivity contribution in [2.24, 2.45) is 11.7 Å². The molecule has 0 amide bonds. The van der Waals surface area contributed by atoms with E-state index in [9.17, 15) is 5.11 Å². The standard InChI is InChI=1S/C14H21ClN2O2/c1-9-7-17(4-3-12(9)16)8-10-5-11(15)6-13(19-2)14(10)18/h5-6,9,12,18H,3-4,7-8,16H2,1-2H3. The van der Waals surface area contributed by atoms with Gasteiger partial charge in [0.15, 0.2) is 11.5 Å². The lowest BCUT2D eigenvalue weighted by Crippen LogP contribution is -2.45. The highest BCUT2D eigenvalue weighted by molar-refractivity contribution is 6.30. The molecule has 0 aliphatic carbocycles. The van der Waals surface area contributed by atoms with Gasteiger partial charge in [-0.1, -0.05) is 18.5 Å². The van der Waals surface area contributed by atoms with Crippen molar-refractivity contribution in [3.63, 3.8) is 0 Å². The minimum absolute atomic E-state index is 0.175. The van der Waals surface area contributed by atoms with Gasteiger partial charge in [0, 0.05) is 35.8 Å². The summed E-state index contributed by atoms with van der Waals surface area (Å²) in [7, 11) is 1.52. The van der Waals surface area contributed by atoms with E-state index in [2.05, 4.69) is 11.8 Å². The fourth-order valence-corrected chi connectivity index (χ4v) is 2.77. The number of rotatable bonds is 3. The Kier molecular flexibility index (Phi) is 4.55. The molecular formula is C14H21ClN2O2. The first kappa shape index (κ1) is 14.4. The highest BCUT2D eigenvalue weighted by Gasteiger charge is 2.24. The average Bonchev–Trinajstić information content (AvgIpc) is 2.37. The number of benzene rings is 1. The molecule has 2 rings (SSSR count). The van der Waals surface area contributed by atoms with E-state index in [1.807, 2.05) is 0 Å². The molecule has 1 fully saturated rings. The summed E-state index contributed by atoms with van der Waals surface area (Å²) in [5.74, 6) is 1.07. The summed E-state index contributed by atoms with van der Waals surface area (Å²) in [5.41, 5.74) is 6.81. The van der Waals surface area contributed by atoms with Crippen LogP contribution in [-0.4, -0.2) is 36.2 Å². The van der Waals surface area contributed by atoms with Gasteiger partial charge < -0.3 is 15.6 Å². The van der Waals surface area contributed by atoms with Crippen LogP contribution in [0.1, 0.15) is 18.9 Å². The van der Waals surface area contributed by atoms with E-state index in [1.54, 1.807) is 12.1 Å². The Morgan fingerprint density at radius 2 is 2.26 bits per heavy atom. The van der Waals surface area contributed by atoms with Crippen molar-refractivity contribution in [1.29, 1.82) is 0 Å². The Morgan fingerprint density at radius 3 is 2.89 bits per heavy atom. The monoisotopic (exact) mass is 284 g/mol. The number of halogens is 1. The number of hydrogen-bond donors (Lipinski definition) is 2. The Bertz CT molecular complexity index is 453. The normalized spacial score (nSPS) is 24.4. The molecule has 19 heavy (non-hydrogen) atoms. The molecule has 1 aliphatic rings. The second-order valence-corrected chi connectivity index (χ2v) is 5.72. The molecule has 2 unspecified atom stereocenters. The fourth-order valence-electron chi connectivity index (χ4n) is 2.54. The van der Waals surface area contributed by atoms with Crippen LogP contribution in [0.2, 0.25) is 5.02 Å². The second kappa shape index (κ2) is 5.99. The van der Waals surface area contributed by atoms with Crippen LogP contribution in [0.5, 0.6) is 11.5 Å². The van der Waals surface area contributed by atoms with Crippen molar-refractivity contribution in [3.8, 4) is 11.5 Å². The molecule has 0 bridgehead atoms. The molecule has 3 N–H and O–H groups in total. The number of likely N-dealkylation sites (tertiary alicyclic amines) is 1. The van der Waals surface area contributed by atoms with Crippen LogP contribution in [0.25, 0.3) is 0 Å². The Hall–Kier alpha value is -0.970. The van der Waals surface area contributed by atoms with Gasteiger partial charge in [0.05, 0.1) is 7.11 Å². The summed E-state index contributed by atoms with van der Waals surface area (Å²) < 4.78 is 5.12. The Balaban J connectivity index is 2.13. The molecule has 1 saturated heterocycles. The number of aromatic hydroxyl groups is 1. The van der Waals surface area contributed by atoms with E-state index >= 15 is 0 Å². The maximum absolute atomic E-state index is 10.1. The van der Waals surface area contributed by atoms with Gasteiger partial charge in [-0.2, -0.15) is 0 Å². The van der Waals surface area contributed by atoms with Gasteiger partial charge >= 0.3 is 0 Å². The zero-order chi connectivity index (χ0) is 14.0. The van der Waals surface area contributed by atoms with Crippen molar-refractivity contribution in [3.05, 3.63) is 22.7 Å².